The molecule has 0 aliphatic rings. The Hall–Kier alpha value is -2.76. The molecule has 0 spiro atoms. The van der Waals surface area contributed by atoms with Crippen molar-refractivity contribution in [3.63, 3.8) is 0 Å². The zero-order chi connectivity index (χ0) is 13.7. The molecule has 0 amide bonds. The molecule has 92 valence electrons. The molecule has 2 aromatic rings. The average Bonchev–Trinajstić information content (AvgIpc) is 2.87. The summed E-state index contributed by atoms with van der Waals surface area (Å²) >= 11 is 5.79. The van der Waals surface area contributed by atoms with Crippen molar-refractivity contribution < 1.29 is 0 Å². The number of nitrogens with zero attached hydrogens (tertiary/aromatic N) is 4. The first-order chi connectivity index (χ1) is 9.22. The number of aromatic nitrogens is 2. The molecular weight excluding hydrogens is 262 g/mol. The molecule has 1 N–H and O–H groups in total. The van der Waals surface area contributed by atoms with Crippen LogP contribution >= 0.6 is 11.6 Å². The second-order valence-electron chi connectivity index (χ2n) is 3.58. The molecule has 0 radical (unpaired) electrons. The van der Waals surface area contributed by atoms with Crippen molar-refractivity contribution >= 4 is 17.3 Å². The predicted octanol–water partition coefficient (Wildman–Crippen LogP) is 2.87. The fourth-order valence-electron chi connectivity index (χ4n) is 1.40. The summed E-state index contributed by atoms with van der Waals surface area (Å²) in [4.78, 5) is 0. The number of hydrogen-bond donors (Lipinski definition) is 1. The molecule has 0 saturated heterocycles. The summed E-state index contributed by atoms with van der Waals surface area (Å²) in [6.07, 6.45) is 4.62. The molecule has 1 aromatic heterocycles. The van der Waals surface area contributed by atoms with Crippen LogP contribution in [0.25, 0.3) is 5.69 Å². The fourth-order valence-corrected chi connectivity index (χ4v) is 1.53. The van der Waals surface area contributed by atoms with E-state index < -0.39 is 0 Å². The average molecular weight is 270 g/mol. The third-order valence-electron chi connectivity index (χ3n) is 2.31. The monoisotopic (exact) mass is 269 g/mol. The van der Waals surface area contributed by atoms with Crippen LogP contribution < -0.4 is 5.32 Å². The van der Waals surface area contributed by atoms with Crippen LogP contribution in [0.4, 0.5) is 5.69 Å². The summed E-state index contributed by atoms with van der Waals surface area (Å²) in [5.41, 5.74) is 1.65. The molecule has 0 unspecified atom stereocenters. The highest BCUT2D eigenvalue weighted by Crippen LogP contribution is 2.15. The molecular formula is C13H8ClN5. The first kappa shape index (κ1) is 12.7. The number of allylic oxidation sites excluding steroid dienone is 1. The third kappa shape index (κ3) is 3.12. The van der Waals surface area contributed by atoms with Gasteiger partial charge in [0.2, 0.25) is 0 Å². The van der Waals surface area contributed by atoms with E-state index in [4.69, 9.17) is 22.1 Å². The van der Waals surface area contributed by atoms with Gasteiger partial charge in [0.1, 0.15) is 17.7 Å². The number of rotatable bonds is 3. The Bertz CT molecular complexity index is 669. The summed E-state index contributed by atoms with van der Waals surface area (Å²) in [5, 5.41) is 24.7. The van der Waals surface area contributed by atoms with Crippen LogP contribution in [0.2, 0.25) is 5.02 Å². The summed E-state index contributed by atoms with van der Waals surface area (Å²) in [5.74, 6) is 0. The van der Waals surface area contributed by atoms with Gasteiger partial charge in [0.25, 0.3) is 0 Å². The molecule has 5 nitrogen and oxygen atoms in total. The quantitative estimate of drug-likeness (QED) is 0.869. The number of hydrogen-bond acceptors (Lipinski definition) is 4. The van der Waals surface area contributed by atoms with Gasteiger partial charge in [0.05, 0.1) is 16.9 Å². The lowest BCUT2D eigenvalue weighted by atomic mass is 10.2. The van der Waals surface area contributed by atoms with Crippen molar-refractivity contribution in [1.82, 2.24) is 9.78 Å². The summed E-state index contributed by atoms with van der Waals surface area (Å²) in [6, 6.07) is 10.9. The van der Waals surface area contributed by atoms with Gasteiger partial charge in [0.15, 0.2) is 0 Å². The maximum absolute atomic E-state index is 8.59. The van der Waals surface area contributed by atoms with Gasteiger partial charge in [-0.2, -0.15) is 15.6 Å². The Labute approximate surface area is 115 Å². The molecule has 1 aromatic carbocycles. The first-order valence-corrected chi connectivity index (χ1v) is 5.68. The predicted molar refractivity (Wildman–Crippen MR) is 71.5 cm³/mol. The lowest BCUT2D eigenvalue weighted by Crippen LogP contribution is -1.95. The molecule has 1 heterocycles. The van der Waals surface area contributed by atoms with Gasteiger partial charge in [-0.1, -0.05) is 11.6 Å². The van der Waals surface area contributed by atoms with Gasteiger partial charge in [-0.25, -0.2) is 4.68 Å². The van der Waals surface area contributed by atoms with Crippen LogP contribution in [0.15, 0.2) is 48.4 Å². The zero-order valence-corrected chi connectivity index (χ0v) is 10.5. The van der Waals surface area contributed by atoms with Crippen molar-refractivity contribution in [3.05, 3.63) is 53.5 Å². The largest absolute Gasteiger partial charge is 0.360 e. The lowest BCUT2D eigenvalue weighted by Gasteiger charge is -2.03. The molecule has 0 fully saturated rings. The van der Waals surface area contributed by atoms with Gasteiger partial charge in [-0.05, 0) is 24.3 Å². The van der Waals surface area contributed by atoms with E-state index in [1.165, 1.54) is 6.20 Å². The van der Waals surface area contributed by atoms with Gasteiger partial charge < -0.3 is 5.32 Å². The van der Waals surface area contributed by atoms with E-state index in [9.17, 15) is 0 Å². The minimum Gasteiger partial charge on any atom is -0.360 e. The van der Waals surface area contributed by atoms with E-state index in [0.717, 1.165) is 11.4 Å². The molecule has 2 rings (SSSR count). The second-order valence-corrected chi connectivity index (χ2v) is 4.01. The van der Waals surface area contributed by atoms with Crippen LogP contribution in [0.5, 0.6) is 0 Å². The molecule has 19 heavy (non-hydrogen) atoms. The maximum atomic E-state index is 8.59. The molecule has 0 aliphatic heterocycles. The minimum atomic E-state index is 0.0166. The summed E-state index contributed by atoms with van der Waals surface area (Å²) in [6.45, 7) is 0. The molecule has 6 heteroatoms. The highest BCUT2D eigenvalue weighted by Gasteiger charge is 1.99. The smallest absolute Gasteiger partial charge is 0.145 e. The van der Waals surface area contributed by atoms with E-state index in [2.05, 4.69) is 10.4 Å². The summed E-state index contributed by atoms with van der Waals surface area (Å²) < 4.78 is 1.65. The van der Waals surface area contributed by atoms with E-state index in [1.807, 2.05) is 24.3 Å². The first-order valence-electron chi connectivity index (χ1n) is 5.30. The summed E-state index contributed by atoms with van der Waals surface area (Å²) in [7, 11) is 0. The van der Waals surface area contributed by atoms with Crippen molar-refractivity contribution in [2.24, 2.45) is 0 Å². The Morgan fingerprint density at radius 1 is 1.26 bits per heavy atom. The van der Waals surface area contributed by atoms with Gasteiger partial charge in [-0.3, -0.25) is 0 Å². The van der Waals surface area contributed by atoms with Gasteiger partial charge in [0, 0.05) is 18.1 Å². The second kappa shape index (κ2) is 5.72. The van der Waals surface area contributed by atoms with Crippen LogP contribution in [0.1, 0.15) is 0 Å². The Kier molecular flexibility index (Phi) is 3.82. The third-order valence-corrected chi connectivity index (χ3v) is 2.50. The topological polar surface area (TPSA) is 77.4 Å². The lowest BCUT2D eigenvalue weighted by molar-refractivity contribution is 0.881. The highest BCUT2D eigenvalue weighted by atomic mass is 35.5. The maximum Gasteiger partial charge on any atom is 0.145 e. The molecule has 0 atom stereocenters. The van der Waals surface area contributed by atoms with Crippen LogP contribution in [0, 0.1) is 22.7 Å². The standard InChI is InChI=1S/C13H8ClN5/c14-11-8-18-19(9-11)13-3-1-12(2-4-13)17-7-10(5-15)6-16/h1-4,7-9,17H. The number of halogens is 1. The van der Waals surface area contributed by atoms with Crippen molar-refractivity contribution in [2.75, 3.05) is 5.32 Å². The number of nitrogens with one attached hydrogen (secondary N) is 1. The van der Waals surface area contributed by atoms with Crippen LogP contribution in [-0.4, -0.2) is 9.78 Å². The minimum absolute atomic E-state index is 0.0166. The number of benzene rings is 1. The Balaban J connectivity index is 2.14. The fraction of sp³-hybridized carbons (Fsp3) is 0. The normalized spacial score (nSPS) is 9.21. The zero-order valence-electron chi connectivity index (χ0n) is 9.71. The van der Waals surface area contributed by atoms with Crippen molar-refractivity contribution in [2.45, 2.75) is 0 Å². The number of nitriles is 2. The molecule has 0 aliphatic carbocycles. The molecule has 0 saturated carbocycles. The Morgan fingerprint density at radius 3 is 2.47 bits per heavy atom. The van der Waals surface area contributed by atoms with E-state index in [0.29, 0.717) is 5.02 Å². The van der Waals surface area contributed by atoms with Crippen molar-refractivity contribution in [3.8, 4) is 17.8 Å². The SMILES string of the molecule is N#CC(C#N)=CNc1ccc(-n2cc(Cl)cn2)cc1. The molecule has 0 bridgehead atoms. The van der Waals surface area contributed by atoms with Gasteiger partial charge in [-0.15, -0.1) is 0 Å². The van der Waals surface area contributed by atoms with Gasteiger partial charge >= 0.3 is 0 Å². The van der Waals surface area contributed by atoms with E-state index in [-0.39, 0.29) is 5.57 Å². The highest BCUT2D eigenvalue weighted by molar-refractivity contribution is 6.30. The van der Waals surface area contributed by atoms with E-state index >= 15 is 0 Å². The van der Waals surface area contributed by atoms with E-state index in [1.54, 1.807) is 29.2 Å². The number of anilines is 1. The van der Waals surface area contributed by atoms with Crippen LogP contribution in [0.3, 0.4) is 0 Å². The Morgan fingerprint density at radius 2 is 1.95 bits per heavy atom. The van der Waals surface area contributed by atoms with Crippen LogP contribution in [-0.2, 0) is 0 Å². The van der Waals surface area contributed by atoms with Crippen molar-refractivity contribution in [1.29, 1.82) is 10.5 Å².